The molecule has 0 amide bonds. The second-order valence-corrected chi connectivity index (χ2v) is 5.33. The fourth-order valence-electron chi connectivity index (χ4n) is 2.51. The van der Waals surface area contributed by atoms with Gasteiger partial charge in [0.2, 0.25) is 0 Å². The van der Waals surface area contributed by atoms with Crippen molar-refractivity contribution >= 4 is 5.97 Å². The minimum Gasteiger partial charge on any atom is -0.487 e. The summed E-state index contributed by atoms with van der Waals surface area (Å²) in [7, 11) is 0. The average molecular weight is 283 g/mol. The third-order valence-electron chi connectivity index (χ3n) is 3.79. The number of nitrogens with zero attached hydrogens (tertiary/aromatic N) is 1. The van der Waals surface area contributed by atoms with Crippen molar-refractivity contribution in [3.8, 4) is 5.75 Å². The fourth-order valence-corrected chi connectivity index (χ4v) is 2.51. The monoisotopic (exact) mass is 283 g/mol. The van der Waals surface area contributed by atoms with Crippen LogP contribution in [0.25, 0.3) is 0 Å². The molecule has 4 heteroatoms. The maximum Gasteiger partial charge on any atom is 0.336 e. The van der Waals surface area contributed by atoms with E-state index in [4.69, 9.17) is 4.74 Å². The zero-order valence-electron chi connectivity index (χ0n) is 11.9. The molecule has 0 spiro atoms. The van der Waals surface area contributed by atoms with Crippen LogP contribution in [0.4, 0.5) is 0 Å². The molecule has 0 radical (unpaired) electrons. The van der Waals surface area contributed by atoms with E-state index in [9.17, 15) is 9.90 Å². The van der Waals surface area contributed by atoms with Gasteiger partial charge >= 0.3 is 5.97 Å². The van der Waals surface area contributed by atoms with Gasteiger partial charge in [0.05, 0.1) is 11.3 Å². The summed E-state index contributed by atoms with van der Waals surface area (Å²) in [5.41, 5.74) is 3.03. The Morgan fingerprint density at radius 2 is 2.14 bits per heavy atom. The molecule has 21 heavy (non-hydrogen) atoms. The number of benzene rings is 1. The van der Waals surface area contributed by atoms with Crippen LogP contribution in [-0.2, 0) is 6.61 Å². The van der Waals surface area contributed by atoms with Crippen LogP contribution in [-0.4, -0.2) is 16.1 Å². The van der Waals surface area contributed by atoms with Crippen molar-refractivity contribution in [1.29, 1.82) is 0 Å². The molecule has 2 aromatic rings. The SMILES string of the molecule is Cc1ncccc1OCc1c(C(=O)O)cccc1C1CC1. The molecule has 1 aliphatic carbocycles. The Morgan fingerprint density at radius 3 is 2.81 bits per heavy atom. The molecule has 0 unspecified atom stereocenters. The van der Waals surface area contributed by atoms with Crippen LogP contribution in [0.3, 0.4) is 0 Å². The van der Waals surface area contributed by atoms with E-state index in [1.54, 1.807) is 12.3 Å². The molecule has 1 saturated carbocycles. The minimum absolute atomic E-state index is 0.265. The largest absolute Gasteiger partial charge is 0.487 e. The molecule has 0 aliphatic heterocycles. The van der Waals surface area contributed by atoms with Gasteiger partial charge in [0, 0.05) is 11.8 Å². The van der Waals surface area contributed by atoms with Crippen molar-refractivity contribution in [2.45, 2.75) is 32.3 Å². The molecule has 0 saturated heterocycles. The first-order valence-corrected chi connectivity index (χ1v) is 7.06. The first-order chi connectivity index (χ1) is 10.2. The quantitative estimate of drug-likeness (QED) is 0.911. The predicted octanol–water partition coefficient (Wildman–Crippen LogP) is 3.54. The second kappa shape index (κ2) is 5.56. The lowest BCUT2D eigenvalue weighted by Crippen LogP contribution is -2.09. The molecule has 108 valence electrons. The molecule has 0 atom stereocenters. The minimum atomic E-state index is -0.904. The van der Waals surface area contributed by atoms with E-state index in [1.807, 2.05) is 31.2 Å². The van der Waals surface area contributed by atoms with E-state index in [0.717, 1.165) is 29.7 Å². The topological polar surface area (TPSA) is 59.4 Å². The number of carboxylic acids is 1. The number of aromatic carboxylic acids is 1. The van der Waals surface area contributed by atoms with Gasteiger partial charge in [-0.2, -0.15) is 0 Å². The maximum atomic E-state index is 11.4. The van der Waals surface area contributed by atoms with Gasteiger partial charge in [0.25, 0.3) is 0 Å². The standard InChI is InChI=1S/C17H17NO3/c1-11-16(6-3-9-18-11)21-10-15-13(12-7-8-12)4-2-5-14(15)17(19)20/h2-6,9,12H,7-8,10H2,1H3,(H,19,20). The Hall–Kier alpha value is -2.36. The Morgan fingerprint density at radius 1 is 1.33 bits per heavy atom. The van der Waals surface area contributed by atoms with Gasteiger partial charge in [0.1, 0.15) is 12.4 Å². The second-order valence-electron chi connectivity index (χ2n) is 5.33. The molecule has 3 rings (SSSR count). The highest BCUT2D eigenvalue weighted by atomic mass is 16.5. The first kappa shape index (κ1) is 13.6. The highest BCUT2D eigenvalue weighted by molar-refractivity contribution is 5.89. The Balaban J connectivity index is 1.90. The van der Waals surface area contributed by atoms with Crippen LogP contribution in [0.1, 0.15) is 45.9 Å². The third kappa shape index (κ3) is 2.89. The average Bonchev–Trinajstić information content (AvgIpc) is 3.30. The van der Waals surface area contributed by atoms with Gasteiger partial charge in [-0.3, -0.25) is 4.98 Å². The zero-order chi connectivity index (χ0) is 14.8. The predicted molar refractivity (Wildman–Crippen MR) is 78.7 cm³/mol. The molecule has 0 bridgehead atoms. The van der Waals surface area contributed by atoms with Crippen LogP contribution >= 0.6 is 0 Å². The van der Waals surface area contributed by atoms with Crippen LogP contribution in [0.5, 0.6) is 5.75 Å². The van der Waals surface area contributed by atoms with E-state index in [1.165, 1.54) is 0 Å². The molecular weight excluding hydrogens is 266 g/mol. The summed E-state index contributed by atoms with van der Waals surface area (Å²) >= 11 is 0. The van der Waals surface area contributed by atoms with Crippen LogP contribution in [0.2, 0.25) is 0 Å². The highest BCUT2D eigenvalue weighted by Gasteiger charge is 2.28. The molecule has 1 aromatic heterocycles. The summed E-state index contributed by atoms with van der Waals surface area (Å²) in [6.45, 7) is 2.14. The van der Waals surface area contributed by atoms with Gasteiger partial charge < -0.3 is 9.84 Å². The molecular formula is C17H17NO3. The van der Waals surface area contributed by atoms with Gasteiger partial charge in [-0.05, 0) is 49.4 Å². The summed E-state index contributed by atoms with van der Waals surface area (Å²) in [6, 6.07) is 9.13. The fraction of sp³-hybridized carbons (Fsp3) is 0.294. The lowest BCUT2D eigenvalue weighted by atomic mass is 9.98. The molecule has 1 N–H and O–H groups in total. The first-order valence-electron chi connectivity index (χ1n) is 7.06. The van der Waals surface area contributed by atoms with Crippen molar-refractivity contribution in [3.63, 3.8) is 0 Å². The van der Waals surface area contributed by atoms with Crippen LogP contribution in [0.15, 0.2) is 36.5 Å². The smallest absolute Gasteiger partial charge is 0.336 e. The van der Waals surface area contributed by atoms with Gasteiger partial charge in [-0.15, -0.1) is 0 Å². The number of carbonyl (C=O) groups is 1. The van der Waals surface area contributed by atoms with Gasteiger partial charge in [-0.1, -0.05) is 12.1 Å². The Labute approximate surface area is 123 Å². The molecule has 1 heterocycles. The number of rotatable bonds is 5. The lowest BCUT2D eigenvalue weighted by Gasteiger charge is -2.14. The van der Waals surface area contributed by atoms with Crippen molar-refractivity contribution in [1.82, 2.24) is 4.98 Å². The lowest BCUT2D eigenvalue weighted by molar-refractivity contribution is 0.0693. The van der Waals surface area contributed by atoms with E-state index in [-0.39, 0.29) is 6.61 Å². The number of aryl methyl sites for hydroxylation is 1. The molecule has 1 aliphatic rings. The maximum absolute atomic E-state index is 11.4. The molecule has 1 fully saturated rings. The summed E-state index contributed by atoms with van der Waals surface area (Å²) in [6.07, 6.45) is 3.97. The third-order valence-corrected chi connectivity index (χ3v) is 3.79. The number of pyridine rings is 1. The molecule has 4 nitrogen and oxygen atoms in total. The van der Waals surface area contributed by atoms with Crippen molar-refractivity contribution in [2.75, 3.05) is 0 Å². The summed E-state index contributed by atoms with van der Waals surface area (Å²) in [5, 5.41) is 9.38. The van der Waals surface area contributed by atoms with Gasteiger partial charge in [0.15, 0.2) is 0 Å². The van der Waals surface area contributed by atoms with E-state index in [2.05, 4.69) is 4.98 Å². The number of carboxylic acid groups (broad SMARTS) is 1. The van der Waals surface area contributed by atoms with E-state index < -0.39 is 5.97 Å². The molecule has 1 aromatic carbocycles. The van der Waals surface area contributed by atoms with Gasteiger partial charge in [-0.25, -0.2) is 4.79 Å². The zero-order valence-corrected chi connectivity index (χ0v) is 11.9. The Bertz CT molecular complexity index is 677. The number of hydrogen-bond acceptors (Lipinski definition) is 3. The number of aromatic nitrogens is 1. The van der Waals surface area contributed by atoms with E-state index in [0.29, 0.717) is 17.2 Å². The Kier molecular flexibility index (Phi) is 3.60. The van der Waals surface area contributed by atoms with Crippen molar-refractivity contribution < 1.29 is 14.6 Å². The summed E-state index contributed by atoms with van der Waals surface area (Å²) < 4.78 is 5.81. The summed E-state index contributed by atoms with van der Waals surface area (Å²) in [5.74, 6) is 0.274. The normalized spacial score (nSPS) is 14.0. The van der Waals surface area contributed by atoms with Crippen LogP contribution in [0, 0.1) is 6.92 Å². The number of ether oxygens (including phenoxy) is 1. The summed E-state index contributed by atoms with van der Waals surface area (Å²) in [4.78, 5) is 15.6. The van der Waals surface area contributed by atoms with Crippen molar-refractivity contribution in [3.05, 3.63) is 58.9 Å². The highest BCUT2D eigenvalue weighted by Crippen LogP contribution is 2.42. The van der Waals surface area contributed by atoms with Crippen molar-refractivity contribution in [2.24, 2.45) is 0 Å². The number of hydrogen-bond donors (Lipinski definition) is 1. The van der Waals surface area contributed by atoms with E-state index >= 15 is 0 Å². The van der Waals surface area contributed by atoms with Crippen LogP contribution < -0.4 is 4.74 Å².